The summed E-state index contributed by atoms with van der Waals surface area (Å²) in [7, 11) is -3.53. The van der Waals surface area contributed by atoms with E-state index in [-0.39, 0.29) is 66.7 Å². The summed E-state index contributed by atoms with van der Waals surface area (Å²) < 4.78 is 65.6. The van der Waals surface area contributed by atoms with Crippen molar-refractivity contribution >= 4 is 56.3 Å². The van der Waals surface area contributed by atoms with Crippen molar-refractivity contribution in [1.82, 2.24) is 35.8 Å². The van der Waals surface area contributed by atoms with Crippen LogP contribution in [0.4, 0.5) is 30.6 Å². The standard InChI is InChI=1S/C47H54F3N9O6S2/c1-27-39(66-26-54-27)30-11-9-28(10-12-30)22-52-43(62)38-21-35(60)25-59(38)44(63)40(46(2,3)4)55-33-17-18-34(20-33)56-42(61)31-13-15-32(16-14-31)57-45-53-24-37(47(48,49)50)41(58-45)51-23-29-7-6-8-36(19-29)67(5,64)65/h6-16,19,24,26,33-35,38,40,55,60H,17-18,20-23,25H2,1-5H3,(H,52,62)(H,56,61)(H2,51,53,57,58)/t33?,34?,35-,38+,40-/m1/s1. The summed E-state index contributed by atoms with van der Waals surface area (Å²) in [6.45, 7) is 7.95. The smallest absolute Gasteiger partial charge is 0.391 e. The van der Waals surface area contributed by atoms with Crippen LogP contribution in [0.25, 0.3) is 10.4 Å². The lowest BCUT2D eigenvalue weighted by molar-refractivity contribution is -0.142. The van der Waals surface area contributed by atoms with Gasteiger partial charge < -0.3 is 36.6 Å². The largest absolute Gasteiger partial charge is 0.421 e. The molecule has 2 aliphatic rings. The summed E-state index contributed by atoms with van der Waals surface area (Å²) in [4.78, 5) is 56.1. The molecule has 3 aromatic carbocycles. The molecule has 3 amide bonds. The number of hydrogen-bond acceptors (Lipinski definition) is 13. The number of carbonyl (C=O) groups excluding carboxylic acids is 3. The zero-order valence-corrected chi connectivity index (χ0v) is 39.3. The number of sulfone groups is 1. The van der Waals surface area contributed by atoms with Gasteiger partial charge in [-0.2, -0.15) is 18.2 Å². The number of aromatic nitrogens is 3. The average Bonchev–Trinajstić information content (AvgIpc) is 4.03. The van der Waals surface area contributed by atoms with Crippen LogP contribution in [0, 0.1) is 12.3 Å². The Labute approximate surface area is 391 Å². The number of hydrogen-bond donors (Lipinski definition) is 6. The molecular formula is C47H54F3N9O6S2. The molecule has 5 atom stereocenters. The third-order valence-corrected chi connectivity index (χ3v) is 13.9. The molecule has 5 aromatic rings. The summed E-state index contributed by atoms with van der Waals surface area (Å²) in [6, 6.07) is 18.1. The topological polar surface area (TPSA) is 208 Å². The van der Waals surface area contributed by atoms with Crippen molar-refractivity contribution in [2.24, 2.45) is 5.41 Å². The number of aryl methyl sites for hydroxylation is 1. The SMILES string of the molecule is Cc1ncsc1-c1ccc(CNC(=O)[C@@H]2C[C@@H](O)CN2C(=O)[C@@H](NC2CCC(NC(=O)c3ccc(Nc4ncc(C(F)(F)F)c(NCc5cccc(S(C)(=O)=O)c5)n4)cc3)C2)C(C)(C)C)cc1. The van der Waals surface area contributed by atoms with Crippen LogP contribution < -0.4 is 26.6 Å². The van der Waals surface area contributed by atoms with Crippen LogP contribution in [0.1, 0.15) is 79.2 Å². The molecule has 0 spiro atoms. The van der Waals surface area contributed by atoms with Gasteiger partial charge in [-0.05, 0) is 84.7 Å². The molecule has 6 N–H and O–H groups in total. The number of alkyl halides is 3. The molecule has 20 heteroatoms. The fourth-order valence-electron chi connectivity index (χ4n) is 8.28. The van der Waals surface area contributed by atoms with Crippen LogP contribution in [0.15, 0.2) is 89.4 Å². The number of benzene rings is 3. The Morgan fingerprint density at radius 2 is 1.64 bits per heavy atom. The summed E-state index contributed by atoms with van der Waals surface area (Å²) in [6.07, 6.45) is -1.93. The van der Waals surface area contributed by atoms with Crippen molar-refractivity contribution in [2.75, 3.05) is 23.4 Å². The van der Waals surface area contributed by atoms with Gasteiger partial charge in [0.25, 0.3) is 5.91 Å². The highest BCUT2D eigenvalue weighted by molar-refractivity contribution is 7.90. The fourth-order valence-corrected chi connectivity index (χ4v) is 9.78. The van der Waals surface area contributed by atoms with Crippen molar-refractivity contribution in [2.45, 2.75) is 108 Å². The number of likely N-dealkylation sites (tertiary alicyclic amines) is 1. The predicted octanol–water partition coefficient (Wildman–Crippen LogP) is 6.62. The molecule has 1 aliphatic heterocycles. The lowest BCUT2D eigenvalue weighted by atomic mass is 9.85. The van der Waals surface area contributed by atoms with E-state index in [2.05, 4.69) is 41.5 Å². The van der Waals surface area contributed by atoms with Crippen LogP contribution in [0.3, 0.4) is 0 Å². The number of nitrogens with zero attached hydrogens (tertiary/aromatic N) is 4. The molecule has 2 unspecified atom stereocenters. The number of aliphatic hydroxyl groups excluding tert-OH is 1. The summed E-state index contributed by atoms with van der Waals surface area (Å²) in [5, 5.41) is 25.8. The molecule has 1 saturated carbocycles. The van der Waals surface area contributed by atoms with Gasteiger partial charge in [-0.25, -0.2) is 18.4 Å². The van der Waals surface area contributed by atoms with Gasteiger partial charge in [0, 0.05) is 61.8 Å². The van der Waals surface area contributed by atoms with Gasteiger partial charge in [0.15, 0.2) is 9.84 Å². The van der Waals surface area contributed by atoms with E-state index in [1.807, 2.05) is 52.0 Å². The number of anilines is 3. The quantitative estimate of drug-likeness (QED) is 0.0655. The third-order valence-electron chi connectivity index (χ3n) is 11.9. The lowest BCUT2D eigenvalue weighted by Gasteiger charge is -2.37. The van der Waals surface area contributed by atoms with Crippen molar-refractivity contribution in [3.63, 3.8) is 0 Å². The molecule has 2 aromatic heterocycles. The maximum absolute atomic E-state index is 14.3. The third kappa shape index (κ3) is 12.3. The number of thiazole rings is 1. The fraction of sp³-hybridized carbons (Fsp3) is 0.404. The number of nitrogens with one attached hydrogen (secondary N) is 5. The summed E-state index contributed by atoms with van der Waals surface area (Å²) >= 11 is 1.57. The van der Waals surface area contributed by atoms with Crippen LogP contribution in [0.5, 0.6) is 0 Å². The zero-order valence-electron chi connectivity index (χ0n) is 37.6. The number of β-amino-alcohol motifs (C(OH)–C–C–N with tert-alkyl or cyclic N) is 1. The minimum Gasteiger partial charge on any atom is -0.391 e. The minimum absolute atomic E-state index is 0.0310. The van der Waals surface area contributed by atoms with Gasteiger partial charge in [0.1, 0.15) is 17.4 Å². The zero-order chi connectivity index (χ0) is 48.3. The molecule has 67 heavy (non-hydrogen) atoms. The molecule has 0 bridgehead atoms. The number of aliphatic hydroxyl groups is 1. The van der Waals surface area contributed by atoms with Crippen LogP contribution >= 0.6 is 11.3 Å². The van der Waals surface area contributed by atoms with E-state index in [1.165, 1.54) is 23.1 Å². The first-order valence-electron chi connectivity index (χ1n) is 21.8. The highest BCUT2D eigenvalue weighted by Crippen LogP contribution is 2.35. The van der Waals surface area contributed by atoms with Crippen molar-refractivity contribution in [3.05, 3.63) is 112 Å². The number of halogens is 3. The number of amides is 3. The first-order valence-corrected chi connectivity index (χ1v) is 24.6. The average molecular weight is 962 g/mol. The van der Waals surface area contributed by atoms with Crippen LogP contribution in [-0.2, 0) is 38.7 Å². The van der Waals surface area contributed by atoms with Gasteiger partial charge >= 0.3 is 6.18 Å². The number of rotatable bonds is 15. The Kier molecular flexibility index (Phi) is 14.7. The highest BCUT2D eigenvalue weighted by atomic mass is 32.2. The van der Waals surface area contributed by atoms with E-state index in [1.54, 1.807) is 47.2 Å². The maximum Gasteiger partial charge on any atom is 0.421 e. The Balaban J connectivity index is 0.923. The maximum atomic E-state index is 14.3. The molecule has 2 fully saturated rings. The van der Waals surface area contributed by atoms with E-state index in [9.17, 15) is 41.1 Å². The normalized spacial score (nSPS) is 19.2. The van der Waals surface area contributed by atoms with Gasteiger partial charge in [-0.3, -0.25) is 14.4 Å². The number of carbonyl (C=O) groups is 3. The molecule has 3 heterocycles. The monoisotopic (exact) mass is 961 g/mol. The first-order chi connectivity index (χ1) is 31.6. The van der Waals surface area contributed by atoms with E-state index in [4.69, 9.17) is 0 Å². The van der Waals surface area contributed by atoms with E-state index < -0.39 is 51.0 Å². The molecule has 1 saturated heterocycles. The summed E-state index contributed by atoms with van der Waals surface area (Å²) in [5.74, 6) is -1.60. The van der Waals surface area contributed by atoms with Crippen molar-refractivity contribution < 1.29 is 41.1 Å². The van der Waals surface area contributed by atoms with Gasteiger partial charge in [-0.1, -0.05) is 57.2 Å². The van der Waals surface area contributed by atoms with Crippen molar-refractivity contribution in [1.29, 1.82) is 0 Å². The second-order valence-electron chi connectivity index (χ2n) is 18.2. The Morgan fingerprint density at radius 3 is 2.30 bits per heavy atom. The van der Waals surface area contributed by atoms with Gasteiger partial charge in [0.05, 0.1) is 33.1 Å². The Morgan fingerprint density at radius 1 is 0.925 bits per heavy atom. The first kappa shape index (κ1) is 49.0. The van der Waals surface area contributed by atoms with E-state index in [0.717, 1.165) is 28.0 Å². The predicted molar refractivity (Wildman–Crippen MR) is 249 cm³/mol. The van der Waals surface area contributed by atoms with Gasteiger partial charge in [-0.15, -0.1) is 11.3 Å². The molecule has 356 valence electrons. The molecule has 7 rings (SSSR count). The minimum atomic E-state index is -4.77. The molecule has 1 aliphatic carbocycles. The highest BCUT2D eigenvalue weighted by Gasteiger charge is 2.45. The van der Waals surface area contributed by atoms with Crippen LogP contribution in [0.2, 0.25) is 0 Å². The Hall–Kier alpha value is -5.96. The molecular weight excluding hydrogens is 908 g/mol. The summed E-state index contributed by atoms with van der Waals surface area (Å²) in [5.41, 5.74) is 4.22. The second-order valence-corrected chi connectivity index (χ2v) is 21.0. The van der Waals surface area contributed by atoms with Crippen LogP contribution in [-0.4, -0.2) is 94.2 Å². The molecule has 15 nitrogen and oxygen atoms in total. The van der Waals surface area contributed by atoms with E-state index in [0.29, 0.717) is 42.3 Å². The molecule has 0 radical (unpaired) electrons. The van der Waals surface area contributed by atoms with E-state index >= 15 is 0 Å². The van der Waals surface area contributed by atoms with Gasteiger partial charge in [0.2, 0.25) is 17.8 Å². The van der Waals surface area contributed by atoms with Crippen molar-refractivity contribution in [3.8, 4) is 10.4 Å². The second kappa shape index (κ2) is 20.1. The Bertz CT molecular complexity index is 2690. The lowest BCUT2D eigenvalue weighted by Crippen LogP contribution is -2.58.